The summed E-state index contributed by atoms with van der Waals surface area (Å²) in [4.78, 5) is 0.298. The van der Waals surface area contributed by atoms with Gasteiger partial charge in [-0.1, -0.05) is 12.8 Å². The average molecular weight is 286 g/mol. The van der Waals surface area contributed by atoms with E-state index in [0.29, 0.717) is 11.4 Å². The number of aryl methyl sites for hydroxylation is 1. The zero-order chi connectivity index (χ0) is 13.9. The van der Waals surface area contributed by atoms with Crippen LogP contribution in [0.15, 0.2) is 23.4 Å². The molecule has 2 N–H and O–H groups in total. The normalized spacial score (nSPS) is 24.5. The number of aliphatic hydroxyl groups excluding tert-OH is 1. The van der Waals surface area contributed by atoms with E-state index in [1.807, 2.05) is 0 Å². The number of rotatable bonds is 5. The van der Waals surface area contributed by atoms with Gasteiger partial charge in [-0.3, -0.25) is 0 Å². The Labute approximate surface area is 114 Å². The highest BCUT2D eigenvalue weighted by molar-refractivity contribution is 7.89. The Morgan fingerprint density at radius 3 is 2.63 bits per heavy atom. The molecule has 1 heterocycles. The molecule has 19 heavy (non-hydrogen) atoms. The number of sulfonamides is 1. The summed E-state index contributed by atoms with van der Waals surface area (Å²) in [6.45, 7) is 0.570. The van der Waals surface area contributed by atoms with Crippen LogP contribution in [0.4, 0.5) is 0 Å². The van der Waals surface area contributed by atoms with Crippen molar-refractivity contribution in [1.82, 2.24) is 9.29 Å². The minimum absolute atomic E-state index is 0.151. The Bertz CT molecular complexity index is 510. The fraction of sp³-hybridized carbons (Fsp3) is 0.692. The quantitative estimate of drug-likeness (QED) is 0.851. The summed E-state index contributed by atoms with van der Waals surface area (Å²) >= 11 is 0. The molecule has 108 valence electrons. The van der Waals surface area contributed by atoms with Gasteiger partial charge in [0.15, 0.2) is 0 Å². The topological polar surface area (TPSA) is 71.3 Å². The van der Waals surface area contributed by atoms with E-state index in [0.717, 1.165) is 25.7 Å². The highest BCUT2D eigenvalue weighted by Crippen LogP contribution is 2.29. The van der Waals surface area contributed by atoms with Crippen LogP contribution in [-0.4, -0.2) is 31.2 Å². The van der Waals surface area contributed by atoms with E-state index in [1.165, 1.54) is 0 Å². The van der Waals surface area contributed by atoms with Gasteiger partial charge in [-0.2, -0.15) is 0 Å². The molecule has 0 aliphatic heterocycles. The lowest BCUT2D eigenvalue weighted by molar-refractivity contribution is 0.136. The van der Waals surface area contributed by atoms with Crippen LogP contribution in [0.5, 0.6) is 0 Å². The predicted molar refractivity (Wildman–Crippen MR) is 73.1 cm³/mol. The van der Waals surface area contributed by atoms with Crippen molar-refractivity contribution in [1.29, 1.82) is 0 Å². The predicted octanol–water partition coefficient (Wildman–Crippen LogP) is 1.10. The molecule has 0 radical (unpaired) electrons. The second kappa shape index (κ2) is 6.07. The minimum atomic E-state index is -3.42. The minimum Gasteiger partial charge on any atom is -0.396 e. The number of aliphatic hydroxyl groups is 1. The molecule has 1 aliphatic carbocycles. The molecular weight excluding hydrogens is 264 g/mol. The Hall–Kier alpha value is -0.850. The van der Waals surface area contributed by atoms with E-state index in [9.17, 15) is 13.5 Å². The summed E-state index contributed by atoms with van der Waals surface area (Å²) in [7, 11) is -1.63. The maximum Gasteiger partial charge on any atom is 0.242 e. The molecule has 2 unspecified atom stereocenters. The summed E-state index contributed by atoms with van der Waals surface area (Å²) < 4.78 is 28.6. The van der Waals surface area contributed by atoms with Crippen molar-refractivity contribution in [3.63, 3.8) is 0 Å². The molecule has 0 saturated heterocycles. The van der Waals surface area contributed by atoms with Gasteiger partial charge in [0.05, 0.1) is 4.90 Å². The average Bonchev–Trinajstić information content (AvgIpc) is 2.84. The molecule has 1 aliphatic rings. The van der Waals surface area contributed by atoms with Crippen molar-refractivity contribution < 1.29 is 13.5 Å². The summed E-state index contributed by atoms with van der Waals surface area (Å²) in [5, 5.41) is 9.33. The summed E-state index contributed by atoms with van der Waals surface area (Å²) in [6, 6.07) is 1.59. The molecule has 1 aromatic rings. The Morgan fingerprint density at radius 1 is 1.37 bits per heavy atom. The van der Waals surface area contributed by atoms with Gasteiger partial charge in [0.1, 0.15) is 0 Å². The number of hydrogen-bond acceptors (Lipinski definition) is 3. The number of nitrogens with zero attached hydrogens (tertiary/aromatic N) is 1. The van der Waals surface area contributed by atoms with Gasteiger partial charge in [-0.05, 0) is 30.7 Å². The highest BCUT2D eigenvalue weighted by Gasteiger charge is 2.26. The molecule has 1 aromatic heterocycles. The number of aromatic nitrogens is 1. The van der Waals surface area contributed by atoms with Crippen LogP contribution < -0.4 is 4.72 Å². The fourth-order valence-electron chi connectivity index (χ4n) is 2.73. The first-order chi connectivity index (χ1) is 9.03. The maximum absolute atomic E-state index is 12.1. The van der Waals surface area contributed by atoms with Crippen molar-refractivity contribution in [2.75, 3.05) is 13.2 Å². The monoisotopic (exact) mass is 286 g/mol. The molecule has 5 nitrogen and oxygen atoms in total. The van der Waals surface area contributed by atoms with E-state index < -0.39 is 10.0 Å². The third-order valence-electron chi connectivity index (χ3n) is 3.95. The van der Waals surface area contributed by atoms with Crippen LogP contribution in [0.3, 0.4) is 0 Å². The van der Waals surface area contributed by atoms with E-state index in [1.54, 1.807) is 30.1 Å². The van der Waals surface area contributed by atoms with Crippen molar-refractivity contribution in [3.05, 3.63) is 18.5 Å². The third-order valence-corrected chi connectivity index (χ3v) is 5.36. The van der Waals surface area contributed by atoms with Crippen LogP contribution in [0.2, 0.25) is 0 Å². The highest BCUT2D eigenvalue weighted by atomic mass is 32.2. The molecule has 6 heteroatoms. The van der Waals surface area contributed by atoms with Crippen LogP contribution in [-0.2, 0) is 17.1 Å². The SMILES string of the molecule is Cn1ccc(S(=O)(=O)NCC2CCCCC2CO)c1. The molecule has 0 amide bonds. The first-order valence-electron chi connectivity index (χ1n) is 6.75. The smallest absolute Gasteiger partial charge is 0.242 e. The van der Waals surface area contributed by atoms with Gasteiger partial charge in [0, 0.05) is 32.6 Å². The van der Waals surface area contributed by atoms with Gasteiger partial charge in [-0.25, -0.2) is 13.1 Å². The Kier molecular flexibility index (Phi) is 4.65. The number of nitrogens with one attached hydrogen (secondary N) is 1. The van der Waals surface area contributed by atoms with E-state index in [4.69, 9.17) is 0 Å². The Morgan fingerprint density at radius 2 is 2.05 bits per heavy atom. The van der Waals surface area contributed by atoms with Gasteiger partial charge < -0.3 is 9.67 Å². The van der Waals surface area contributed by atoms with Crippen LogP contribution in [0.1, 0.15) is 25.7 Å². The lowest BCUT2D eigenvalue weighted by Gasteiger charge is -2.30. The molecular formula is C13H22N2O3S. The lowest BCUT2D eigenvalue weighted by Crippen LogP contribution is -2.35. The summed E-state index contributed by atoms with van der Waals surface area (Å²) in [5.74, 6) is 0.476. The van der Waals surface area contributed by atoms with Gasteiger partial charge >= 0.3 is 0 Å². The molecule has 1 saturated carbocycles. The van der Waals surface area contributed by atoms with Crippen LogP contribution in [0, 0.1) is 11.8 Å². The van der Waals surface area contributed by atoms with E-state index >= 15 is 0 Å². The lowest BCUT2D eigenvalue weighted by atomic mass is 9.80. The zero-order valence-electron chi connectivity index (χ0n) is 11.2. The second-order valence-corrected chi connectivity index (χ2v) is 7.12. The molecule has 0 bridgehead atoms. The van der Waals surface area contributed by atoms with E-state index in [-0.39, 0.29) is 18.4 Å². The standard InChI is InChI=1S/C13H22N2O3S/c1-15-7-6-13(9-15)19(17,18)14-8-11-4-2-3-5-12(11)10-16/h6-7,9,11-12,14,16H,2-5,8,10H2,1H3. The van der Waals surface area contributed by atoms with Crippen molar-refractivity contribution in [3.8, 4) is 0 Å². The van der Waals surface area contributed by atoms with Crippen molar-refractivity contribution in [2.24, 2.45) is 18.9 Å². The number of hydrogen-bond donors (Lipinski definition) is 2. The largest absolute Gasteiger partial charge is 0.396 e. The van der Waals surface area contributed by atoms with Crippen molar-refractivity contribution >= 4 is 10.0 Å². The van der Waals surface area contributed by atoms with Gasteiger partial charge in [0.25, 0.3) is 0 Å². The third kappa shape index (κ3) is 3.58. The first kappa shape index (κ1) is 14.6. The maximum atomic E-state index is 12.1. The van der Waals surface area contributed by atoms with Gasteiger partial charge in [0.2, 0.25) is 10.0 Å². The van der Waals surface area contributed by atoms with Crippen LogP contribution in [0.25, 0.3) is 0 Å². The molecule has 0 spiro atoms. The molecule has 0 aromatic carbocycles. The second-order valence-electron chi connectivity index (χ2n) is 5.35. The Balaban J connectivity index is 1.97. The molecule has 2 atom stereocenters. The van der Waals surface area contributed by atoms with Crippen LogP contribution >= 0.6 is 0 Å². The summed E-state index contributed by atoms with van der Waals surface area (Å²) in [5.41, 5.74) is 0. The van der Waals surface area contributed by atoms with Crippen molar-refractivity contribution in [2.45, 2.75) is 30.6 Å². The molecule has 1 fully saturated rings. The fourth-order valence-corrected chi connectivity index (χ4v) is 3.88. The first-order valence-corrected chi connectivity index (χ1v) is 8.24. The summed E-state index contributed by atoms with van der Waals surface area (Å²) in [6.07, 6.45) is 7.54. The molecule has 2 rings (SSSR count). The zero-order valence-corrected chi connectivity index (χ0v) is 12.1. The van der Waals surface area contributed by atoms with Gasteiger partial charge in [-0.15, -0.1) is 0 Å². The van der Waals surface area contributed by atoms with E-state index in [2.05, 4.69) is 4.72 Å².